The molecule has 1 saturated heterocycles. The number of alkyl halides is 1. The molecule has 7 heteroatoms. The van der Waals surface area contributed by atoms with Crippen LogP contribution in [-0.2, 0) is 20.6 Å². The maximum Gasteiger partial charge on any atom is 0.242 e. The number of rotatable bonds is 5. The van der Waals surface area contributed by atoms with Crippen LogP contribution in [0.5, 0.6) is 0 Å². The molecule has 21 heavy (non-hydrogen) atoms. The predicted octanol–water partition coefficient (Wildman–Crippen LogP) is 2.75. The van der Waals surface area contributed by atoms with Crippen molar-refractivity contribution in [3.63, 3.8) is 0 Å². The lowest BCUT2D eigenvalue weighted by Crippen LogP contribution is -2.37. The van der Waals surface area contributed by atoms with Crippen LogP contribution in [0, 0.1) is 5.82 Å². The van der Waals surface area contributed by atoms with Gasteiger partial charge in [0.2, 0.25) is 10.0 Å². The summed E-state index contributed by atoms with van der Waals surface area (Å²) in [4.78, 5) is 0.0536. The van der Waals surface area contributed by atoms with E-state index in [0.29, 0.717) is 13.2 Å². The first kappa shape index (κ1) is 16.7. The molecule has 118 valence electrons. The lowest BCUT2D eigenvalue weighted by atomic mass is 10.1. The Hall–Kier alpha value is -0.690. The Morgan fingerprint density at radius 1 is 1.43 bits per heavy atom. The molecule has 0 radical (unpaired) electrons. The smallest absolute Gasteiger partial charge is 0.242 e. The molecule has 1 aliphatic heterocycles. The summed E-state index contributed by atoms with van der Waals surface area (Å²) < 4.78 is 45.2. The molecule has 1 atom stereocenters. The zero-order valence-corrected chi connectivity index (χ0v) is 13.5. The van der Waals surface area contributed by atoms with Crippen molar-refractivity contribution in [3.8, 4) is 0 Å². The largest absolute Gasteiger partial charge is 0.377 e. The third kappa shape index (κ3) is 3.94. The molecule has 1 aromatic rings. The molecule has 1 unspecified atom stereocenters. The number of benzene rings is 1. The van der Waals surface area contributed by atoms with Crippen molar-refractivity contribution in [1.29, 1.82) is 0 Å². The van der Waals surface area contributed by atoms with Gasteiger partial charge in [-0.15, -0.1) is 11.6 Å². The fraction of sp³-hybridized carbons (Fsp3) is 0.571. The number of likely N-dealkylation sites (N-methyl/N-ethyl adjacent to an activating group) is 1. The fourth-order valence-corrected chi connectivity index (χ4v) is 3.79. The van der Waals surface area contributed by atoms with Gasteiger partial charge in [0.05, 0.1) is 16.9 Å². The summed E-state index contributed by atoms with van der Waals surface area (Å²) in [5, 5.41) is 0. The van der Waals surface area contributed by atoms with E-state index >= 15 is 0 Å². The second-order valence-corrected chi connectivity index (χ2v) is 7.47. The van der Waals surface area contributed by atoms with Crippen LogP contribution in [-0.4, -0.2) is 39.0 Å². The number of hydrogen-bond donors (Lipinski definition) is 0. The van der Waals surface area contributed by atoms with Gasteiger partial charge in [-0.3, -0.25) is 0 Å². The van der Waals surface area contributed by atoms with Gasteiger partial charge in [-0.2, -0.15) is 4.31 Å². The van der Waals surface area contributed by atoms with Crippen molar-refractivity contribution in [2.24, 2.45) is 0 Å². The summed E-state index contributed by atoms with van der Waals surface area (Å²) in [5.74, 6) is -0.563. The Morgan fingerprint density at radius 2 is 2.19 bits per heavy atom. The fourth-order valence-electron chi connectivity index (χ4n) is 2.33. The van der Waals surface area contributed by atoms with Crippen LogP contribution in [0.2, 0.25) is 0 Å². The van der Waals surface area contributed by atoms with E-state index in [-0.39, 0.29) is 22.4 Å². The van der Waals surface area contributed by atoms with E-state index in [1.807, 2.05) is 0 Å². The molecule has 1 fully saturated rings. The van der Waals surface area contributed by atoms with Crippen molar-refractivity contribution in [3.05, 3.63) is 29.6 Å². The topological polar surface area (TPSA) is 46.6 Å². The molecule has 0 saturated carbocycles. The van der Waals surface area contributed by atoms with E-state index < -0.39 is 15.8 Å². The minimum Gasteiger partial charge on any atom is -0.377 e. The number of halogens is 2. The van der Waals surface area contributed by atoms with Crippen LogP contribution in [0.4, 0.5) is 4.39 Å². The van der Waals surface area contributed by atoms with Gasteiger partial charge in [0.1, 0.15) is 5.82 Å². The zero-order chi connectivity index (χ0) is 15.5. The molecule has 0 bridgehead atoms. The Kier molecular flexibility index (Phi) is 5.60. The molecule has 0 aromatic heterocycles. The van der Waals surface area contributed by atoms with E-state index in [2.05, 4.69) is 0 Å². The van der Waals surface area contributed by atoms with E-state index in [9.17, 15) is 12.8 Å². The van der Waals surface area contributed by atoms with Crippen molar-refractivity contribution >= 4 is 21.6 Å². The van der Waals surface area contributed by atoms with E-state index in [1.54, 1.807) is 0 Å². The van der Waals surface area contributed by atoms with E-state index in [0.717, 1.165) is 25.3 Å². The lowest BCUT2D eigenvalue weighted by molar-refractivity contribution is 0.00858. The molecular formula is C14H19ClFNO3S. The van der Waals surface area contributed by atoms with Gasteiger partial charge in [0, 0.05) is 25.8 Å². The Balaban J connectivity index is 2.16. The number of sulfonamides is 1. The molecule has 0 aliphatic carbocycles. The number of nitrogens with zero attached hydrogens (tertiary/aromatic N) is 1. The lowest BCUT2D eigenvalue weighted by Gasteiger charge is -2.27. The first-order chi connectivity index (χ1) is 9.95. The summed E-state index contributed by atoms with van der Waals surface area (Å²) in [6.07, 6.45) is 2.84. The molecule has 2 rings (SSSR count). The van der Waals surface area contributed by atoms with Crippen LogP contribution in [0.1, 0.15) is 24.8 Å². The minimum absolute atomic E-state index is 0.0536. The van der Waals surface area contributed by atoms with Gasteiger partial charge in [-0.25, -0.2) is 12.8 Å². The SMILES string of the molecule is CN(CC1CCCCO1)S(=O)(=O)c1ccc(F)c(CCl)c1. The van der Waals surface area contributed by atoms with Crippen LogP contribution in [0.3, 0.4) is 0 Å². The predicted molar refractivity (Wildman–Crippen MR) is 79.4 cm³/mol. The van der Waals surface area contributed by atoms with Crippen molar-refractivity contribution < 1.29 is 17.5 Å². The van der Waals surface area contributed by atoms with Crippen LogP contribution in [0.15, 0.2) is 23.1 Å². The Labute approximate surface area is 129 Å². The molecular weight excluding hydrogens is 317 g/mol. The van der Waals surface area contributed by atoms with E-state index in [1.165, 1.54) is 23.5 Å². The highest BCUT2D eigenvalue weighted by Crippen LogP contribution is 2.21. The normalized spacial score (nSPS) is 19.9. The molecule has 0 spiro atoms. The van der Waals surface area contributed by atoms with Gasteiger partial charge in [-0.05, 0) is 37.5 Å². The third-order valence-corrected chi connectivity index (χ3v) is 5.71. The highest BCUT2D eigenvalue weighted by molar-refractivity contribution is 7.89. The zero-order valence-electron chi connectivity index (χ0n) is 11.9. The highest BCUT2D eigenvalue weighted by Gasteiger charge is 2.25. The maximum absolute atomic E-state index is 13.4. The molecule has 0 N–H and O–H groups in total. The average Bonchev–Trinajstić information content (AvgIpc) is 2.48. The summed E-state index contributed by atoms with van der Waals surface area (Å²) in [7, 11) is -2.15. The Morgan fingerprint density at radius 3 is 2.81 bits per heavy atom. The van der Waals surface area contributed by atoms with Crippen LogP contribution >= 0.6 is 11.6 Å². The molecule has 1 aromatic carbocycles. The monoisotopic (exact) mass is 335 g/mol. The van der Waals surface area contributed by atoms with Crippen molar-refractivity contribution in [2.45, 2.75) is 36.1 Å². The summed E-state index contributed by atoms with van der Waals surface area (Å²) in [5.41, 5.74) is 0.181. The van der Waals surface area contributed by atoms with Crippen LogP contribution in [0.25, 0.3) is 0 Å². The summed E-state index contributed by atoms with van der Waals surface area (Å²) >= 11 is 5.62. The quantitative estimate of drug-likeness (QED) is 0.777. The molecule has 4 nitrogen and oxygen atoms in total. The van der Waals surface area contributed by atoms with Crippen molar-refractivity contribution in [2.75, 3.05) is 20.2 Å². The van der Waals surface area contributed by atoms with Gasteiger partial charge in [-0.1, -0.05) is 0 Å². The van der Waals surface area contributed by atoms with Crippen molar-refractivity contribution in [1.82, 2.24) is 4.31 Å². The summed E-state index contributed by atoms with van der Waals surface area (Å²) in [6.45, 7) is 0.974. The number of ether oxygens (including phenoxy) is 1. The van der Waals surface area contributed by atoms with Crippen LogP contribution < -0.4 is 0 Å². The first-order valence-corrected chi connectivity index (χ1v) is 8.85. The van der Waals surface area contributed by atoms with Gasteiger partial charge >= 0.3 is 0 Å². The van der Waals surface area contributed by atoms with E-state index in [4.69, 9.17) is 16.3 Å². The number of hydrogen-bond acceptors (Lipinski definition) is 3. The highest BCUT2D eigenvalue weighted by atomic mass is 35.5. The second-order valence-electron chi connectivity index (χ2n) is 5.16. The second kappa shape index (κ2) is 7.05. The first-order valence-electron chi connectivity index (χ1n) is 6.87. The maximum atomic E-state index is 13.4. The third-order valence-electron chi connectivity index (χ3n) is 3.60. The van der Waals surface area contributed by atoms with Gasteiger partial charge < -0.3 is 4.74 Å². The Bertz CT molecular complexity index is 588. The van der Waals surface area contributed by atoms with Gasteiger partial charge in [0.15, 0.2) is 0 Å². The molecule has 1 heterocycles. The standard InChI is InChI=1S/C14H19ClFNO3S/c1-17(10-12-4-2-3-7-20-12)21(18,19)13-5-6-14(16)11(8-13)9-15/h5-6,8,12H,2-4,7,9-10H2,1H3. The van der Waals surface area contributed by atoms with Gasteiger partial charge in [0.25, 0.3) is 0 Å². The average molecular weight is 336 g/mol. The summed E-state index contributed by atoms with van der Waals surface area (Å²) in [6, 6.07) is 3.68. The molecule has 1 aliphatic rings. The molecule has 0 amide bonds. The minimum atomic E-state index is -3.66.